The van der Waals surface area contributed by atoms with Gasteiger partial charge in [0.2, 0.25) is 0 Å². The summed E-state index contributed by atoms with van der Waals surface area (Å²) in [4.78, 5) is 2.46. The van der Waals surface area contributed by atoms with Crippen molar-refractivity contribution in [3.63, 3.8) is 0 Å². The Morgan fingerprint density at radius 2 is 1.90 bits per heavy atom. The summed E-state index contributed by atoms with van der Waals surface area (Å²) in [6.07, 6.45) is 1.18. The lowest BCUT2D eigenvalue weighted by atomic mass is 10.3. The van der Waals surface area contributed by atoms with Crippen molar-refractivity contribution in [2.24, 2.45) is 0 Å². The van der Waals surface area contributed by atoms with Crippen molar-refractivity contribution in [2.75, 3.05) is 52.5 Å². The van der Waals surface area contributed by atoms with Crippen molar-refractivity contribution in [1.82, 2.24) is 10.2 Å². The van der Waals surface area contributed by atoms with Crippen molar-refractivity contribution in [1.29, 1.82) is 0 Å². The highest BCUT2D eigenvalue weighted by atomic mass is 79.9. The molecule has 0 unspecified atom stereocenters. The first-order chi connectivity index (χ1) is 9.84. The van der Waals surface area contributed by atoms with Crippen LogP contribution in [0.2, 0.25) is 0 Å². The van der Waals surface area contributed by atoms with Crippen molar-refractivity contribution in [2.45, 2.75) is 6.42 Å². The second-order valence-corrected chi connectivity index (χ2v) is 5.78. The van der Waals surface area contributed by atoms with Crippen LogP contribution in [0.1, 0.15) is 6.42 Å². The molecular formula is C15H23BrN2O2. The summed E-state index contributed by atoms with van der Waals surface area (Å²) in [5.41, 5.74) is 0. The molecule has 1 heterocycles. The van der Waals surface area contributed by atoms with Gasteiger partial charge >= 0.3 is 0 Å². The molecule has 0 saturated carbocycles. The number of hydrogen-bond acceptors (Lipinski definition) is 4. The molecule has 0 aliphatic carbocycles. The van der Waals surface area contributed by atoms with Gasteiger partial charge in [0.05, 0.1) is 13.2 Å². The fourth-order valence-electron chi connectivity index (χ4n) is 2.15. The van der Waals surface area contributed by atoms with Crippen molar-refractivity contribution in [3.8, 4) is 5.75 Å². The number of benzene rings is 1. The zero-order valence-corrected chi connectivity index (χ0v) is 13.4. The Bertz CT molecular complexity index is 367. The van der Waals surface area contributed by atoms with Gasteiger partial charge in [0.15, 0.2) is 0 Å². The number of halogens is 1. The zero-order chi connectivity index (χ0) is 14.0. The quantitative estimate of drug-likeness (QED) is 0.734. The summed E-state index contributed by atoms with van der Waals surface area (Å²) >= 11 is 3.41. The maximum Gasteiger partial charge on any atom is 0.119 e. The highest BCUT2D eigenvalue weighted by molar-refractivity contribution is 9.10. The molecule has 1 aliphatic rings. The van der Waals surface area contributed by atoms with E-state index in [0.29, 0.717) is 6.61 Å². The minimum absolute atomic E-state index is 0.708. The van der Waals surface area contributed by atoms with Gasteiger partial charge in [-0.3, -0.25) is 4.90 Å². The third kappa shape index (κ3) is 6.22. The van der Waals surface area contributed by atoms with Crippen LogP contribution >= 0.6 is 15.9 Å². The lowest BCUT2D eigenvalue weighted by Gasteiger charge is -2.26. The summed E-state index contributed by atoms with van der Waals surface area (Å²) in [5, 5.41) is 3.41. The first kappa shape index (κ1) is 15.8. The van der Waals surface area contributed by atoms with Crippen LogP contribution in [0.25, 0.3) is 0 Å². The second-order valence-electron chi connectivity index (χ2n) is 4.86. The van der Waals surface area contributed by atoms with Crippen LogP contribution < -0.4 is 10.1 Å². The van der Waals surface area contributed by atoms with Crippen molar-refractivity contribution >= 4 is 15.9 Å². The number of hydrogen-bond donors (Lipinski definition) is 1. The van der Waals surface area contributed by atoms with Crippen LogP contribution in [0.3, 0.4) is 0 Å². The Hall–Kier alpha value is -0.620. The van der Waals surface area contributed by atoms with Gasteiger partial charge in [-0.15, -0.1) is 0 Å². The number of morpholine rings is 1. The Morgan fingerprint density at radius 1 is 1.15 bits per heavy atom. The van der Waals surface area contributed by atoms with Gasteiger partial charge in [0, 0.05) is 24.1 Å². The predicted molar refractivity (Wildman–Crippen MR) is 84.4 cm³/mol. The van der Waals surface area contributed by atoms with E-state index in [4.69, 9.17) is 9.47 Å². The van der Waals surface area contributed by atoms with E-state index in [1.165, 1.54) is 6.42 Å². The molecule has 0 amide bonds. The van der Waals surface area contributed by atoms with Gasteiger partial charge in [-0.25, -0.2) is 0 Å². The molecule has 20 heavy (non-hydrogen) atoms. The molecule has 1 N–H and O–H groups in total. The van der Waals surface area contributed by atoms with Gasteiger partial charge in [-0.2, -0.15) is 0 Å². The highest BCUT2D eigenvalue weighted by Crippen LogP contribution is 2.15. The minimum Gasteiger partial charge on any atom is -0.492 e. The van der Waals surface area contributed by atoms with E-state index in [1.54, 1.807) is 0 Å². The molecule has 0 aromatic heterocycles. The number of nitrogens with one attached hydrogen (secondary N) is 1. The minimum atomic E-state index is 0.708. The summed E-state index contributed by atoms with van der Waals surface area (Å²) in [7, 11) is 0. The molecule has 112 valence electrons. The van der Waals surface area contributed by atoms with Gasteiger partial charge in [0.1, 0.15) is 12.4 Å². The second kappa shape index (κ2) is 9.34. The Kier molecular flexibility index (Phi) is 7.36. The fourth-order valence-corrected chi connectivity index (χ4v) is 2.41. The maximum absolute atomic E-state index is 5.65. The molecule has 1 aromatic rings. The fraction of sp³-hybridized carbons (Fsp3) is 0.600. The van der Waals surface area contributed by atoms with E-state index >= 15 is 0 Å². The molecule has 1 aromatic carbocycles. The molecule has 0 atom stereocenters. The van der Waals surface area contributed by atoms with Gasteiger partial charge in [-0.1, -0.05) is 15.9 Å². The zero-order valence-electron chi connectivity index (χ0n) is 11.8. The van der Waals surface area contributed by atoms with Crippen LogP contribution in [0.5, 0.6) is 5.75 Å². The Balaban J connectivity index is 1.44. The number of rotatable bonds is 8. The molecule has 0 bridgehead atoms. The molecule has 0 spiro atoms. The monoisotopic (exact) mass is 342 g/mol. The first-order valence-electron chi connectivity index (χ1n) is 7.24. The maximum atomic E-state index is 5.65. The van der Waals surface area contributed by atoms with Crippen LogP contribution in [0.15, 0.2) is 28.7 Å². The standard InChI is InChI=1S/C15H23BrN2O2/c16-14-2-4-15(5-3-14)20-11-7-17-6-1-8-18-9-12-19-13-10-18/h2-5,17H,1,6-13H2. The summed E-state index contributed by atoms with van der Waals surface area (Å²) in [5.74, 6) is 0.920. The molecule has 1 saturated heterocycles. The van der Waals surface area contributed by atoms with Crippen LogP contribution in [-0.2, 0) is 4.74 Å². The summed E-state index contributed by atoms with van der Waals surface area (Å²) in [6, 6.07) is 7.93. The topological polar surface area (TPSA) is 33.7 Å². The number of ether oxygens (including phenoxy) is 2. The molecule has 2 rings (SSSR count). The molecular weight excluding hydrogens is 320 g/mol. The average molecular weight is 343 g/mol. The Labute approximate surface area is 129 Å². The van der Waals surface area contributed by atoms with Crippen molar-refractivity contribution in [3.05, 3.63) is 28.7 Å². The first-order valence-corrected chi connectivity index (χ1v) is 8.03. The SMILES string of the molecule is Brc1ccc(OCCNCCCN2CCOCC2)cc1. The smallest absolute Gasteiger partial charge is 0.119 e. The van der Waals surface area contributed by atoms with E-state index in [2.05, 4.69) is 26.1 Å². The third-order valence-corrected chi connectivity index (χ3v) is 3.82. The summed E-state index contributed by atoms with van der Waals surface area (Å²) < 4.78 is 12.1. The van der Waals surface area contributed by atoms with Crippen LogP contribution in [0, 0.1) is 0 Å². The van der Waals surface area contributed by atoms with Gasteiger partial charge < -0.3 is 14.8 Å². The Morgan fingerprint density at radius 3 is 2.65 bits per heavy atom. The predicted octanol–water partition coefficient (Wildman–Crippen LogP) is 2.14. The van der Waals surface area contributed by atoms with Gasteiger partial charge in [0.25, 0.3) is 0 Å². The largest absolute Gasteiger partial charge is 0.492 e. The van der Waals surface area contributed by atoms with Gasteiger partial charge in [-0.05, 0) is 43.8 Å². The van der Waals surface area contributed by atoms with Crippen LogP contribution in [-0.4, -0.2) is 57.4 Å². The molecule has 1 fully saturated rings. The third-order valence-electron chi connectivity index (χ3n) is 3.29. The summed E-state index contributed by atoms with van der Waals surface area (Å²) in [6.45, 7) is 7.71. The number of nitrogens with zero attached hydrogens (tertiary/aromatic N) is 1. The van der Waals surface area contributed by atoms with E-state index in [9.17, 15) is 0 Å². The molecule has 1 aliphatic heterocycles. The molecule has 5 heteroatoms. The van der Waals surface area contributed by atoms with E-state index in [1.807, 2.05) is 24.3 Å². The molecule has 4 nitrogen and oxygen atoms in total. The average Bonchev–Trinajstić information content (AvgIpc) is 2.49. The van der Waals surface area contributed by atoms with Crippen molar-refractivity contribution < 1.29 is 9.47 Å². The lowest BCUT2D eigenvalue weighted by Crippen LogP contribution is -2.37. The van der Waals surface area contributed by atoms with E-state index in [0.717, 1.165) is 56.2 Å². The molecule has 0 radical (unpaired) electrons. The highest BCUT2D eigenvalue weighted by Gasteiger charge is 2.08. The van der Waals surface area contributed by atoms with E-state index < -0.39 is 0 Å². The lowest BCUT2D eigenvalue weighted by molar-refractivity contribution is 0.0374. The van der Waals surface area contributed by atoms with Crippen LogP contribution in [0.4, 0.5) is 0 Å². The van der Waals surface area contributed by atoms with E-state index in [-0.39, 0.29) is 0 Å². The normalized spacial score (nSPS) is 16.2.